The van der Waals surface area contributed by atoms with Crippen LogP contribution in [0, 0.1) is 30.4 Å². The second kappa shape index (κ2) is 11.0. The standard InChI is InChI=1S/C6F4I2.2C4H5N3/c7-1-2(8)6(12)4(10)3(9)5(1)11;2*5-4-3-6-1-2-7-4/h;2*1-3H,(H2,5,7). The second-order valence-corrected chi connectivity index (χ2v) is 6.30. The Morgan fingerprint density at radius 2 is 0.923 bits per heavy atom. The van der Waals surface area contributed by atoms with Crippen LogP contribution >= 0.6 is 45.2 Å². The number of nitrogens with zero attached hydrogens (tertiary/aromatic N) is 4. The molecule has 0 radical (unpaired) electrons. The van der Waals surface area contributed by atoms with Gasteiger partial charge < -0.3 is 11.5 Å². The molecule has 0 aliphatic heterocycles. The fourth-order valence-electron chi connectivity index (χ4n) is 1.20. The molecule has 0 unspecified atom stereocenters. The summed E-state index contributed by atoms with van der Waals surface area (Å²) >= 11 is 2.41. The summed E-state index contributed by atoms with van der Waals surface area (Å²) in [7, 11) is 0. The summed E-state index contributed by atoms with van der Waals surface area (Å²) in [5.41, 5.74) is 10.4. The highest BCUT2D eigenvalue weighted by Crippen LogP contribution is 2.25. The maximum Gasteiger partial charge on any atom is 0.176 e. The van der Waals surface area contributed by atoms with Gasteiger partial charge in [-0.2, -0.15) is 0 Å². The van der Waals surface area contributed by atoms with E-state index in [1.54, 1.807) is 24.8 Å². The average Bonchev–Trinajstić information content (AvgIpc) is 2.65. The molecule has 138 valence electrons. The molecule has 3 aromatic rings. The van der Waals surface area contributed by atoms with E-state index in [-0.39, 0.29) is 0 Å². The van der Waals surface area contributed by atoms with Gasteiger partial charge in [0.25, 0.3) is 0 Å². The van der Waals surface area contributed by atoms with Crippen molar-refractivity contribution in [3.05, 3.63) is 67.6 Å². The molecule has 0 fully saturated rings. The van der Waals surface area contributed by atoms with E-state index >= 15 is 0 Å². The molecule has 2 heterocycles. The number of nitrogen functional groups attached to an aromatic ring is 2. The van der Waals surface area contributed by atoms with E-state index in [0.717, 1.165) is 0 Å². The summed E-state index contributed by atoms with van der Waals surface area (Å²) in [5, 5.41) is 0. The Balaban J connectivity index is 0.000000207. The van der Waals surface area contributed by atoms with Crippen molar-refractivity contribution < 1.29 is 17.6 Å². The van der Waals surface area contributed by atoms with Gasteiger partial charge in [0.15, 0.2) is 23.3 Å². The van der Waals surface area contributed by atoms with Gasteiger partial charge in [-0.1, -0.05) is 0 Å². The van der Waals surface area contributed by atoms with Crippen LogP contribution < -0.4 is 11.5 Å². The molecule has 0 spiro atoms. The first-order valence-corrected chi connectivity index (χ1v) is 8.61. The number of rotatable bonds is 0. The number of nitrogens with two attached hydrogens (primary N) is 2. The van der Waals surface area contributed by atoms with Crippen LogP contribution in [0.25, 0.3) is 0 Å². The summed E-state index contributed by atoms with van der Waals surface area (Å²) < 4.78 is 49.2. The zero-order chi connectivity index (χ0) is 19.7. The van der Waals surface area contributed by atoms with E-state index in [2.05, 4.69) is 19.9 Å². The number of aromatic nitrogens is 4. The van der Waals surface area contributed by atoms with Crippen LogP contribution in [0.1, 0.15) is 0 Å². The van der Waals surface area contributed by atoms with E-state index in [9.17, 15) is 17.6 Å². The minimum Gasteiger partial charge on any atom is -0.382 e. The third-order valence-corrected chi connectivity index (χ3v) is 4.22. The van der Waals surface area contributed by atoms with Crippen molar-refractivity contribution in [3.63, 3.8) is 0 Å². The van der Waals surface area contributed by atoms with Gasteiger partial charge in [-0.25, -0.2) is 27.5 Å². The fourth-order valence-corrected chi connectivity index (χ4v) is 2.15. The lowest BCUT2D eigenvalue weighted by molar-refractivity contribution is 0.437. The van der Waals surface area contributed by atoms with E-state index in [1.807, 2.05) is 0 Å². The first kappa shape index (κ1) is 22.2. The van der Waals surface area contributed by atoms with Gasteiger partial charge in [0.2, 0.25) is 0 Å². The van der Waals surface area contributed by atoms with Crippen LogP contribution in [0.5, 0.6) is 0 Å². The largest absolute Gasteiger partial charge is 0.382 e. The number of hydrogen-bond donors (Lipinski definition) is 2. The molecule has 12 heteroatoms. The van der Waals surface area contributed by atoms with E-state index < -0.39 is 30.4 Å². The molecule has 0 atom stereocenters. The molecule has 0 aliphatic carbocycles. The zero-order valence-corrected chi connectivity index (χ0v) is 17.0. The molecular formula is C14H10F4I2N6. The van der Waals surface area contributed by atoms with E-state index in [0.29, 0.717) is 11.6 Å². The topological polar surface area (TPSA) is 104 Å². The van der Waals surface area contributed by atoms with E-state index in [4.69, 9.17) is 11.5 Å². The maximum atomic E-state index is 12.6. The van der Waals surface area contributed by atoms with Gasteiger partial charge in [0.05, 0.1) is 19.5 Å². The van der Waals surface area contributed by atoms with Gasteiger partial charge >= 0.3 is 0 Å². The van der Waals surface area contributed by atoms with Crippen LogP contribution in [0.2, 0.25) is 0 Å². The SMILES string of the molecule is Fc1c(F)c(I)c(F)c(F)c1I.Nc1cnccn1.Nc1cnccn1. The van der Waals surface area contributed by atoms with Gasteiger partial charge in [-0.3, -0.25) is 9.97 Å². The van der Waals surface area contributed by atoms with Crippen molar-refractivity contribution in [2.75, 3.05) is 11.5 Å². The van der Waals surface area contributed by atoms with Gasteiger partial charge in [0, 0.05) is 24.8 Å². The normalized spacial score (nSPS) is 9.46. The quantitative estimate of drug-likeness (QED) is 0.179. The third kappa shape index (κ3) is 6.81. The van der Waals surface area contributed by atoms with Crippen LogP contribution in [-0.2, 0) is 0 Å². The van der Waals surface area contributed by atoms with Crippen LogP contribution in [0.4, 0.5) is 29.2 Å². The summed E-state index contributed by atoms with van der Waals surface area (Å²) in [4.78, 5) is 14.8. The van der Waals surface area contributed by atoms with Crippen molar-refractivity contribution in [3.8, 4) is 0 Å². The van der Waals surface area contributed by atoms with Crippen LogP contribution in [0.15, 0.2) is 37.2 Å². The second-order valence-electron chi connectivity index (χ2n) is 4.14. The first-order chi connectivity index (χ1) is 12.3. The predicted molar refractivity (Wildman–Crippen MR) is 105 cm³/mol. The molecule has 4 N–H and O–H groups in total. The van der Waals surface area contributed by atoms with Crippen molar-refractivity contribution in [1.29, 1.82) is 0 Å². The highest BCUT2D eigenvalue weighted by molar-refractivity contribution is 14.1. The Morgan fingerprint density at radius 3 is 1.08 bits per heavy atom. The summed E-state index contributed by atoms with van der Waals surface area (Å²) in [6, 6.07) is 0. The lowest BCUT2D eigenvalue weighted by atomic mass is 10.3. The maximum absolute atomic E-state index is 12.6. The van der Waals surface area contributed by atoms with Gasteiger partial charge in [0.1, 0.15) is 11.6 Å². The van der Waals surface area contributed by atoms with Crippen molar-refractivity contribution in [2.45, 2.75) is 0 Å². The Morgan fingerprint density at radius 1 is 0.615 bits per heavy atom. The molecule has 1 aromatic carbocycles. The van der Waals surface area contributed by atoms with Crippen molar-refractivity contribution in [1.82, 2.24) is 19.9 Å². The molecule has 0 amide bonds. The fraction of sp³-hybridized carbons (Fsp3) is 0. The zero-order valence-electron chi connectivity index (χ0n) is 12.7. The number of hydrogen-bond acceptors (Lipinski definition) is 6. The predicted octanol–water partition coefficient (Wildman–Crippen LogP) is 3.57. The molecule has 0 saturated heterocycles. The highest BCUT2D eigenvalue weighted by atomic mass is 127. The summed E-state index contributed by atoms with van der Waals surface area (Å²) in [6.07, 6.45) is 9.26. The molecule has 0 saturated carbocycles. The number of benzene rings is 1. The van der Waals surface area contributed by atoms with Crippen LogP contribution in [0.3, 0.4) is 0 Å². The third-order valence-electron chi connectivity index (χ3n) is 2.32. The molecule has 6 nitrogen and oxygen atoms in total. The molecular weight excluding hydrogens is 582 g/mol. The smallest absolute Gasteiger partial charge is 0.176 e. The molecule has 0 bridgehead atoms. The van der Waals surface area contributed by atoms with Crippen LogP contribution in [-0.4, -0.2) is 19.9 Å². The lowest BCUT2D eigenvalue weighted by Gasteiger charge is -2.02. The highest BCUT2D eigenvalue weighted by Gasteiger charge is 2.21. The number of anilines is 2. The minimum absolute atomic E-state index is 0.461. The van der Waals surface area contributed by atoms with E-state index in [1.165, 1.54) is 57.6 Å². The Bertz CT molecular complexity index is 697. The average molecular weight is 592 g/mol. The number of halogens is 6. The molecule has 26 heavy (non-hydrogen) atoms. The minimum atomic E-state index is -1.35. The molecule has 3 rings (SSSR count). The Kier molecular flexibility index (Phi) is 9.39. The summed E-state index contributed by atoms with van der Waals surface area (Å²) in [6.45, 7) is 0. The van der Waals surface area contributed by atoms with Crippen molar-refractivity contribution >= 4 is 56.8 Å². The summed E-state index contributed by atoms with van der Waals surface area (Å²) in [5.74, 6) is -4.47. The molecule has 0 aliphatic rings. The Labute approximate surface area is 172 Å². The monoisotopic (exact) mass is 592 g/mol. The van der Waals surface area contributed by atoms with Gasteiger partial charge in [-0.15, -0.1) is 0 Å². The molecule has 2 aromatic heterocycles. The Hall–Kier alpha value is -1.84. The van der Waals surface area contributed by atoms with Crippen molar-refractivity contribution in [2.24, 2.45) is 0 Å². The lowest BCUT2D eigenvalue weighted by Crippen LogP contribution is -2.02. The van der Waals surface area contributed by atoms with Gasteiger partial charge in [-0.05, 0) is 45.2 Å². The first-order valence-electron chi connectivity index (χ1n) is 6.45.